The molecule has 0 saturated heterocycles. The molecule has 1 aromatic rings. The van der Waals surface area contributed by atoms with E-state index in [1.165, 1.54) is 12.3 Å². The molecule has 1 aliphatic rings. The van der Waals surface area contributed by atoms with E-state index in [2.05, 4.69) is 10.3 Å². The Morgan fingerprint density at radius 3 is 2.39 bits per heavy atom. The molecule has 1 heterocycles. The minimum atomic E-state index is -5.12. The molecule has 1 aliphatic carbocycles. The minimum absolute atomic E-state index is 0.148. The highest BCUT2D eigenvalue weighted by molar-refractivity contribution is 7.09. The highest BCUT2D eigenvalue weighted by Crippen LogP contribution is 2.43. The maximum atomic E-state index is 13.3. The summed E-state index contributed by atoms with van der Waals surface area (Å²) in [6.45, 7) is 1.46. The Labute approximate surface area is 133 Å². The molecule has 2 rings (SSSR count). The topological polar surface area (TPSA) is 99.5 Å². The number of halogens is 3. The summed E-state index contributed by atoms with van der Waals surface area (Å²) >= 11 is 0.592. The van der Waals surface area contributed by atoms with Gasteiger partial charge >= 0.3 is 12.1 Å². The molecular formula is C13H15F3N2O4S. The lowest BCUT2D eigenvalue weighted by Gasteiger charge is -2.39. The third kappa shape index (κ3) is 3.18. The minimum Gasteiger partial charge on any atom is -0.480 e. The van der Waals surface area contributed by atoms with E-state index in [9.17, 15) is 27.9 Å². The van der Waals surface area contributed by atoms with Crippen molar-refractivity contribution in [3.05, 3.63) is 16.1 Å². The summed E-state index contributed by atoms with van der Waals surface area (Å²) in [5.74, 6) is -2.47. The Morgan fingerprint density at radius 1 is 1.43 bits per heavy atom. The van der Waals surface area contributed by atoms with Gasteiger partial charge < -0.3 is 15.5 Å². The van der Waals surface area contributed by atoms with E-state index in [0.717, 1.165) is 0 Å². The van der Waals surface area contributed by atoms with Gasteiger partial charge in [0.1, 0.15) is 10.5 Å². The Balaban J connectivity index is 2.22. The third-order valence-corrected chi connectivity index (χ3v) is 4.96. The average Bonchev–Trinajstić information content (AvgIpc) is 2.79. The number of aliphatic hydroxyl groups is 1. The van der Waals surface area contributed by atoms with Crippen molar-refractivity contribution < 1.29 is 33.0 Å². The number of carbonyl (C=O) groups excluding carboxylic acids is 1. The molecule has 1 amide bonds. The maximum Gasteiger partial charge on any atom is 0.424 e. The van der Waals surface area contributed by atoms with Crippen molar-refractivity contribution in [1.29, 1.82) is 0 Å². The number of carbonyl (C=O) groups is 2. The first-order chi connectivity index (χ1) is 10.5. The number of carboxylic acids is 1. The molecule has 6 nitrogen and oxygen atoms in total. The first-order valence-electron chi connectivity index (χ1n) is 6.76. The van der Waals surface area contributed by atoms with Crippen LogP contribution in [0.4, 0.5) is 13.2 Å². The van der Waals surface area contributed by atoms with Gasteiger partial charge in [0, 0.05) is 11.1 Å². The molecule has 10 heteroatoms. The van der Waals surface area contributed by atoms with Crippen LogP contribution in [0.3, 0.4) is 0 Å². The summed E-state index contributed by atoms with van der Waals surface area (Å²) in [7, 11) is 0. The third-order valence-electron chi connectivity index (χ3n) is 3.85. The summed E-state index contributed by atoms with van der Waals surface area (Å²) in [5, 5.41) is 21.9. The average molecular weight is 352 g/mol. The first-order valence-corrected chi connectivity index (χ1v) is 7.64. The number of aliphatic carboxylic acids is 1. The molecule has 1 saturated carbocycles. The standard InChI is InChI=1S/C13H15F3N2O4S/c1-7-6-23-9(17-7)12(22,13(14,15)16)5-8(19)18-11(10(20)21)3-2-4-11/h6,22H,2-5H2,1H3,(H,18,19)(H,20,21). The van der Waals surface area contributed by atoms with Gasteiger partial charge in [0.15, 0.2) is 0 Å². The first kappa shape index (κ1) is 17.7. The fourth-order valence-corrected chi connectivity index (χ4v) is 3.22. The number of alkyl halides is 3. The Morgan fingerprint density at radius 2 is 2.04 bits per heavy atom. The molecule has 0 spiro atoms. The number of thiazole rings is 1. The van der Waals surface area contributed by atoms with Crippen molar-refractivity contribution in [2.24, 2.45) is 0 Å². The zero-order valence-electron chi connectivity index (χ0n) is 12.1. The van der Waals surface area contributed by atoms with Gasteiger partial charge in [-0.3, -0.25) is 4.79 Å². The number of aromatic nitrogens is 1. The van der Waals surface area contributed by atoms with E-state index < -0.39 is 40.6 Å². The molecule has 1 aromatic heterocycles. The highest BCUT2D eigenvalue weighted by Gasteiger charge is 2.59. The van der Waals surface area contributed by atoms with Gasteiger partial charge in [-0.25, -0.2) is 9.78 Å². The number of nitrogens with one attached hydrogen (secondary N) is 1. The van der Waals surface area contributed by atoms with Crippen LogP contribution in [0, 0.1) is 6.92 Å². The fraction of sp³-hybridized carbons (Fsp3) is 0.615. The van der Waals surface area contributed by atoms with Crippen molar-refractivity contribution in [1.82, 2.24) is 10.3 Å². The van der Waals surface area contributed by atoms with Crippen LogP contribution in [0.1, 0.15) is 36.4 Å². The monoisotopic (exact) mass is 352 g/mol. The summed E-state index contributed by atoms with van der Waals surface area (Å²) in [6.07, 6.45) is -5.60. The lowest BCUT2D eigenvalue weighted by Crippen LogP contribution is -2.60. The zero-order chi connectivity index (χ0) is 17.5. The number of hydrogen-bond donors (Lipinski definition) is 3. The second kappa shape index (κ2) is 5.75. The number of rotatable bonds is 5. The van der Waals surface area contributed by atoms with Crippen LogP contribution in [0.5, 0.6) is 0 Å². The van der Waals surface area contributed by atoms with Crippen molar-refractivity contribution in [3.63, 3.8) is 0 Å². The van der Waals surface area contributed by atoms with Crippen LogP contribution in [0.15, 0.2) is 5.38 Å². The number of amides is 1. The fourth-order valence-electron chi connectivity index (χ4n) is 2.31. The summed E-state index contributed by atoms with van der Waals surface area (Å²) < 4.78 is 39.8. The molecule has 3 N–H and O–H groups in total. The molecule has 0 aromatic carbocycles. The van der Waals surface area contributed by atoms with Crippen LogP contribution in [-0.2, 0) is 15.2 Å². The molecule has 128 valence electrons. The zero-order valence-corrected chi connectivity index (χ0v) is 12.9. The second-order valence-electron chi connectivity index (χ2n) is 5.62. The van der Waals surface area contributed by atoms with E-state index >= 15 is 0 Å². The van der Waals surface area contributed by atoms with Gasteiger partial charge in [-0.05, 0) is 26.2 Å². The Kier molecular flexibility index (Phi) is 4.42. The van der Waals surface area contributed by atoms with Gasteiger partial charge in [0.2, 0.25) is 11.5 Å². The van der Waals surface area contributed by atoms with Crippen LogP contribution in [-0.4, -0.2) is 38.8 Å². The predicted octanol–water partition coefficient (Wildman–Crippen LogP) is 1.72. The summed E-state index contributed by atoms with van der Waals surface area (Å²) in [4.78, 5) is 26.7. The molecule has 1 fully saturated rings. The molecular weight excluding hydrogens is 337 g/mol. The highest BCUT2D eigenvalue weighted by atomic mass is 32.1. The lowest BCUT2D eigenvalue weighted by atomic mass is 9.76. The largest absolute Gasteiger partial charge is 0.480 e. The van der Waals surface area contributed by atoms with Crippen LogP contribution in [0.25, 0.3) is 0 Å². The van der Waals surface area contributed by atoms with Gasteiger partial charge in [0.25, 0.3) is 0 Å². The maximum absolute atomic E-state index is 13.3. The smallest absolute Gasteiger partial charge is 0.424 e. The normalized spacial score (nSPS) is 19.5. The number of hydrogen-bond acceptors (Lipinski definition) is 5. The molecule has 1 atom stereocenters. The second-order valence-corrected chi connectivity index (χ2v) is 6.48. The molecule has 0 bridgehead atoms. The van der Waals surface area contributed by atoms with E-state index in [1.807, 2.05) is 0 Å². The Hall–Kier alpha value is -1.68. The van der Waals surface area contributed by atoms with Gasteiger partial charge in [0.05, 0.1) is 6.42 Å². The van der Waals surface area contributed by atoms with Crippen LogP contribution in [0.2, 0.25) is 0 Å². The summed E-state index contributed by atoms with van der Waals surface area (Å²) in [5.41, 5.74) is -4.70. The molecule has 0 aliphatic heterocycles. The SMILES string of the molecule is Cc1csc(C(O)(CC(=O)NC2(C(=O)O)CCC2)C(F)(F)F)n1. The van der Waals surface area contributed by atoms with E-state index in [-0.39, 0.29) is 18.5 Å². The quantitative estimate of drug-likeness (QED) is 0.749. The van der Waals surface area contributed by atoms with E-state index in [4.69, 9.17) is 5.11 Å². The van der Waals surface area contributed by atoms with Gasteiger partial charge in [-0.1, -0.05) is 0 Å². The molecule has 0 radical (unpaired) electrons. The van der Waals surface area contributed by atoms with Gasteiger partial charge in [-0.2, -0.15) is 13.2 Å². The van der Waals surface area contributed by atoms with Crippen LogP contribution < -0.4 is 5.32 Å². The van der Waals surface area contributed by atoms with Crippen molar-refractivity contribution in [2.45, 2.75) is 49.9 Å². The molecule has 23 heavy (non-hydrogen) atoms. The van der Waals surface area contributed by atoms with Crippen molar-refractivity contribution in [3.8, 4) is 0 Å². The number of carboxylic acid groups (broad SMARTS) is 1. The lowest BCUT2D eigenvalue weighted by molar-refractivity contribution is -0.267. The van der Waals surface area contributed by atoms with E-state index in [1.54, 1.807) is 0 Å². The van der Waals surface area contributed by atoms with Crippen LogP contribution >= 0.6 is 11.3 Å². The predicted molar refractivity (Wildman–Crippen MR) is 73.8 cm³/mol. The van der Waals surface area contributed by atoms with Gasteiger partial charge in [-0.15, -0.1) is 11.3 Å². The Bertz CT molecular complexity index is 627. The molecule has 1 unspecified atom stereocenters. The summed E-state index contributed by atoms with van der Waals surface area (Å²) in [6, 6.07) is 0. The number of nitrogens with zero attached hydrogens (tertiary/aromatic N) is 1. The van der Waals surface area contributed by atoms with Crippen molar-refractivity contribution >= 4 is 23.2 Å². The van der Waals surface area contributed by atoms with E-state index in [0.29, 0.717) is 17.8 Å². The number of aryl methyl sites for hydroxylation is 1. The van der Waals surface area contributed by atoms with Crippen molar-refractivity contribution in [2.75, 3.05) is 0 Å².